The van der Waals surface area contributed by atoms with Crippen LogP contribution in [0.3, 0.4) is 0 Å². The van der Waals surface area contributed by atoms with Crippen LogP contribution in [0.25, 0.3) is 0 Å². The van der Waals surface area contributed by atoms with Crippen molar-refractivity contribution < 1.29 is 0 Å². The molecular weight excluding hydrogens is 52.0 g/mol. The second-order valence-electron chi connectivity index (χ2n) is 0.736. The van der Waals surface area contributed by atoms with Crippen LogP contribution in [0, 0.1) is 0 Å². The van der Waals surface area contributed by atoms with Crippen molar-refractivity contribution in [1.82, 2.24) is 0 Å². The Labute approximate surface area is 23.6 Å². The Hall–Kier alpha value is -0.590. The molecule has 0 bridgehead atoms. The minimum Gasteiger partial charge on any atom is -0.290 e. The van der Waals surface area contributed by atoms with Crippen molar-refractivity contribution in [3.8, 4) is 0 Å². The van der Waals surface area contributed by atoms with Gasteiger partial charge in [0.15, 0.2) is 5.43 Å². The van der Waals surface area contributed by atoms with Gasteiger partial charge in [-0.15, -0.1) is 0 Å². The van der Waals surface area contributed by atoms with E-state index in [2.05, 4.69) is 0 Å². The third-order valence-electron chi connectivity index (χ3n) is 0.303. The van der Waals surface area contributed by atoms with Crippen molar-refractivity contribution in [2.24, 2.45) is 0 Å². The number of hydrogen-bond acceptors (Lipinski definition) is 1. The highest BCUT2D eigenvalue weighted by Crippen LogP contribution is 1.61. The van der Waals surface area contributed by atoms with Crippen LogP contribution in [0.2, 0.25) is 0 Å². The van der Waals surface area contributed by atoms with E-state index in [1.807, 2.05) is 0 Å². The molecule has 20 valence electrons. The first kappa shape index (κ1) is 1.70. The zero-order chi connectivity index (χ0) is 2.99. The van der Waals surface area contributed by atoms with Gasteiger partial charge >= 0.3 is 0 Å². The van der Waals surface area contributed by atoms with Crippen molar-refractivity contribution in [3.05, 3.63) is 22.4 Å². The van der Waals surface area contributed by atoms with Gasteiger partial charge in [0.2, 0.25) is 0 Å². The van der Waals surface area contributed by atoms with E-state index in [1.54, 1.807) is 0 Å². The van der Waals surface area contributed by atoms with Gasteiger partial charge < -0.3 is 0 Å². The maximum atomic E-state index is 9.44. The van der Waals surface area contributed by atoms with E-state index in [0.29, 0.717) is 0 Å². The Morgan fingerprint density at radius 2 is 1.75 bits per heavy atom. The van der Waals surface area contributed by atoms with Crippen molar-refractivity contribution >= 4 is 0 Å². The summed E-state index contributed by atoms with van der Waals surface area (Å²) in [6.45, 7) is 0. The first-order valence-corrected chi connectivity index (χ1v) is 1.11. The lowest BCUT2D eigenvalue weighted by atomic mass is 11.1. The first-order chi connectivity index (χ1) is 1.89. The Bertz CT molecular complexity index is 92.1. The van der Waals surface area contributed by atoms with Gasteiger partial charge in [-0.05, 0) is 12.1 Å². The van der Waals surface area contributed by atoms with Crippen molar-refractivity contribution in [2.75, 3.05) is 0 Å². The van der Waals surface area contributed by atoms with Gasteiger partial charge in [-0.2, -0.15) is 0 Å². The van der Waals surface area contributed by atoms with Crippen LogP contribution in [0.5, 0.6) is 0 Å². The molecule has 0 N–H and O–H groups in total. The molecule has 1 heteroatoms. The molecule has 0 aliphatic carbocycles. The zero-order valence-electron chi connectivity index (χ0n) is 2.06. The number of hydrogen-bond donors (Lipinski definition) is 0. The Balaban J connectivity index is 3.55. The summed E-state index contributed by atoms with van der Waals surface area (Å²) in [7, 11) is 0. The highest BCUT2D eigenvalue weighted by Gasteiger charge is 1.78. The second kappa shape index (κ2) is 0.246. The molecule has 1 rings (SSSR count). The minimum absolute atomic E-state index is 0.167. The van der Waals surface area contributed by atoms with E-state index >= 15 is 0 Å². The highest BCUT2D eigenvalue weighted by molar-refractivity contribution is 5.00. The van der Waals surface area contributed by atoms with E-state index in [0.717, 1.165) is 0 Å². The molecule has 0 amide bonds. The molecule has 0 aliphatic rings. The largest absolute Gasteiger partial charge is 0.290 e. The summed E-state index contributed by atoms with van der Waals surface area (Å²) in [5.74, 6) is 0. The van der Waals surface area contributed by atoms with Crippen LogP contribution in [0.4, 0.5) is 0 Å². The summed E-state index contributed by atoms with van der Waals surface area (Å²) in [6, 6.07) is 3.06. The van der Waals surface area contributed by atoms with E-state index in [4.69, 9.17) is 0 Å². The quantitative estimate of drug-likeness (QED) is 0.405. The maximum Gasteiger partial charge on any atom is 0.178 e. The molecule has 0 saturated carbocycles. The normalized spacial score (nSPS) is 9.00. The van der Waals surface area contributed by atoms with Crippen LogP contribution < -0.4 is 5.43 Å². The fraction of sp³-hybridized carbons (Fsp3) is 0. The summed E-state index contributed by atoms with van der Waals surface area (Å²) in [5.41, 5.74) is 0.167. The van der Waals surface area contributed by atoms with Gasteiger partial charge in [0.05, 0.1) is 0 Å². The third-order valence-corrected chi connectivity index (χ3v) is 0.303. The molecule has 0 spiro atoms. The Morgan fingerprint density at radius 1 is 1.50 bits per heavy atom. The molecule has 0 fully saturated rings. The molecule has 1 nitrogen and oxygen atoms in total. The smallest absolute Gasteiger partial charge is 0.178 e. The molecule has 0 aliphatic heterocycles. The van der Waals surface area contributed by atoms with Gasteiger partial charge in [-0.1, -0.05) is 0 Å². The molecule has 0 aromatic heterocycles. The summed E-state index contributed by atoms with van der Waals surface area (Å²) >= 11 is 0. The van der Waals surface area contributed by atoms with Gasteiger partial charge in [0.1, 0.15) is 0 Å². The standard InChI is InChI=1S/C3H2O/c4-3-1-2-3/h1-2H. The van der Waals surface area contributed by atoms with E-state index in [9.17, 15) is 4.79 Å². The van der Waals surface area contributed by atoms with Crippen LogP contribution in [0.1, 0.15) is 0 Å². The van der Waals surface area contributed by atoms with Crippen LogP contribution in [0.15, 0.2) is 16.9 Å². The van der Waals surface area contributed by atoms with Crippen LogP contribution in [-0.4, -0.2) is 0 Å². The molecule has 1 aromatic rings. The van der Waals surface area contributed by atoms with E-state index in [-0.39, 0.29) is 5.43 Å². The lowest BCUT2D eigenvalue weighted by Gasteiger charge is -1.12. The summed E-state index contributed by atoms with van der Waals surface area (Å²) in [4.78, 5) is 9.44. The first-order valence-electron chi connectivity index (χ1n) is 1.11. The highest BCUT2D eigenvalue weighted by atomic mass is 16.1. The third kappa shape index (κ3) is 0.0408. The van der Waals surface area contributed by atoms with Gasteiger partial charge in [0, 0.05) is 0 Å². The molecule has 4 heavy (non-hydrogen) atoms. The molecule has 0 radical (unpaired) electrons. The Kier molecular flexibility index (Phi) is 0.105. The summed E-state index contributed by atoms with van der Waals surface area (Å²) in [6.07, 6.45) is 0. The van der Waals surface area contributed by atoms with Crippen molar-refractivity contribution in [3.63, 3.8) is 0 Å². The minimum atomic E-state index is 0.167. The maximum absolute atomic E-state index is 9.44. The SMILES string of the molecule is O=c1cc1. The molecule has 0 saturated heterocycles. The van der Waals surface area contributed by atoms with Crippen molar-refractivity contribution in [2.45, 2.75) is 0 Å². The predicted molar refractivity (Wildman–Crippen MR) is 15.1 cm³/mol. The van der Waals surface area contributed by atoms with E-state index in [1.165, 1.54) is 12.1 Å². The Morgan fingerprint density at radius 3 is 1.75 bits per heavy atom. The average molecular weight is 54.0 g/mol. The zero-order valence-corrected chi connectivity index (χ0v) is 2.06. The lowest BCUT2D eigenvalue weighted by Crippen LogP contribution is -1.61. The number of rotatable bonds is 0. The monoisotopic (exact) mass is 54.0 g/mol. The summed E-state index contributed by atoms with van der Waals surface area (Å²) < 4.78 is 0. The molecule has 0 unspecified atom stereocenters. The van der Waals surface area contributed by atoms with Crippen molar-refractivity contribution in [1.29, 1.82) is 0 Å². The fourth-order valence-corrected chi connectivity index (χ4v) is 0.0340. The van der Waals surface area contributed by atoms with E-state index < -0.39 is 0 Å². The predicted octanol–water partition coefficient (Wildman–Crippen LogP) is -0.0776. The molecular formula is C3H2O. The fourth-order valence-electron chi connectivity index (χ4n) is 0.0340. The average Bonchev–Trinajstić information content (AvgIpc) is 1.75. The van der Waals surface area contributed by atoms with Crippen LogP contribution >= 0.6 is 0 Å². The topological polar surface area (TPSA) is 17.1 Å². The summed E-state index contributed by atoms with van der Waals surface area (Å²) in [5, 5.41) is 0. The molecule has 0 atom stereocenters. The second-order valence-corrected chi connectivity index (χ2v) is 0.736. The lowest BCUT2D eigenvalue weighted by molar-refractivity contribution is 2.05. The van der Waals surface area contributed by atoms with Crippen LogP contribution in [-0.2, 0) is 0 Å². The van der Waals surface area contributed by atoms with Gasteiger partial charge in [-0.25, -0.2) is 0 Å². The molecule has 0 heterocycles. The van der Waals surface area contributed by atoms with Gasteiger partial charge in [-0.3, -0.25) is 4.79 Å². The van der Waals surface area contributed by atoms with Gasteiger partial charge in [0.25, 0.3) is 0 Å². The molecule has 1 aromatic carbocycles.